The van der Waals surface area contributed by atoms with E-state index in [9.17, 15) is 17.6 Å². The Morgan fingerprint density at radius 3 is 2.32 bits per heavy atom. The highest BCUT2D eigenvalue weighted by Crippen LogP contribution is 2.61. The first kappa shape index (κ1) is 21.3. The molecule has 1 aromatic rings. The number of halogens is 1. The molecule has 1 amide bonds. The van der Waals surface area contributed by atoms with E-state index in [1.54, 1.807) is 0 Å². The first-order valence-electron chi connectivity index (χ1n) is 11.5. The lowest BCUT2D eigenvalue weighted by atomic mass is 9.49. The molecule has 0 atom stereocenters. The number of hydrogen-bond acceptors (Lipinski definition) is 4. The number of hydrogen-bond donors (Lipinski definition) is 1. The molecule has 4 saturated carbocycles. The number of ether oxygens (including phenoxy) is 1. The summed E-state index contributed by atoms with van der Waals surface area (Å²) in [5.74, 6) is 1.42. The molecule has 6 nitrogen and oxygen atoms in total. The van der Waals surface area contributed by atoms with Gasteiger partial charge in [-0.05, 0) is 86.3 Å². The Labute approximate surface area is 183 Å². The number of carbonyl (C=O) groups is 1. The fraction of sp³-hybridized carbons (Fsp3) is 0.696. The van der Waals surface area contributed by atoms with Gasteiger partial charge in [0.05, 0.1) is 13.2 Å². The second-order valence-corrected chi connectivity index (χ2v) is 12.0. The normalized spacial score (nSPS) is 32.9. The Bertz CT molecular complexity index is 923. The number of rotatable bonds is 6. The number of benzene rings is 1. The van der Waals surface area contributed by atoms with Crippen LogP contribution in [0.1, 0.15) is 55.3 Å². The molecule has 4 bridgehead atoms. The summed E-state index contributed by atoms with van der Waals surface area (Å²) in [4.78, 5) is 12.3. The molecule has 5 fully saturated rings. The van der Waals surface area contributed by atoms with Crippen LogP contribution in [0.2, 0.25) is 0 Å². The molecule has 1 N–H and O–H groups in total. The fourth-order valence-electron chi connectivity index (χ4n) is 6.91. The zero-order valence-corrected chi connectivity index (χ0v) is 18.6. The molecule has 1 heterocycles. The van der Waals surface area contributed by atoms with Crippen molar-refractivity contribution in [1.29, 1.82) is 0 Å². The van der Waals surface area contributed by atoms with Gasteiger partial charge in [0.15, 0.2) is 0 Å². The third-order valence-electron chi connectivity index (χ3n) is 7.89. The van der Waals surface area contributed by atoms with E-state index in [-0.39, 0.29) is 37.8 Å². The van der Waals surface area contributed by atoms with Gasteiger partial charge in [0, 0.05) is 25.2 Å². The smallest absolute Gasteiger partial charge is 0.251 e. The first-order valence-corrected chi connectivity index (χ1v) is 12.9. The van der Waals surface area contributed by atoms with E-state index in [0.717, 1.165) is 30.2 Å². The quantitative estimate of drug-likeness (QED) is 0.722. The summed E-state index contributed by atoms with van der Waals surface area (Å²) in [5, 5.41) is 2.96. The largest absolute Gasteiger partial charge is 0.379 e. The summed E-state index contributed by atoms with van der Waals surface area (Å²) in [6, 6.07) is 3.59. The van der Waals surface area contributed by atoms with Gasteiger partial charge < -0.3 is 10.1 Å². The molecule has 0 aromatic heterocycles. The number of nitrogens with zero attached hydrogens (tertiary/aromatic N) is 1. The van der Waals surface area contributed by atoms with Crippen LogP contribution in [0.5, 0.6) is 0 Å². The van der Waals surface area contributed by atoms with E-state index in [1.807, 2.05) is 0 Å². The van der Waals surface area contributed by atoms with Crippen LogP contribution in [-0.2, 0) is 14.8 Å². The fourth-order valence-corrected chi connectivity index (χ4v) is 8.41. The minimum atomic E-state index is -4.00. The van der Waals surface area contributed by atoms with Crippen LogP contribution in [0.25, 0.3) is 0 Å². The Kier molecular flexibility index (Phi) is 5.59. The van der Waals surface area contributed by atoms with Gasteiger partial charge in [0.1, 0.15) is 10.7 Å². The molecule has 1 saturated heterocycles. The Morgan fingerprint density at radius 1 is 1.10 bits per heavy atom. The summed E-state index contributed by atoms with van der Waals surface area (Å²) in [7, 11) is -4.00. The average Bonchev–Trinajstić information content (AvgIpc) is 2.73. The van der Waals surface area contributed by atoms with Gasteiger partial charge in [-0.3, -0.25) is 4.79 Å². The highest BCUT2D eigenvalue weighted by Gasteiger charge is 2.50. The summed E-state index contributed by atoms with van der Waals surface area (Å²) in [5.41, 5.74) is 0.550. The predicted molar refractivity (Wildman–Crippen MR) is 114 cm³/mol. The summed E-state index contributed by atoms with van der Waals surface area (Å²) >= 11 is 0. The molecule has 170 valence electrons. The second kappa shape index (κ2) is 8.12. The van der Waals surface area contributed by atoms with Gasteiger partial charge in [0.25, 0.3) is 5.91 Å². The van der Waals surface area contributed by atoms with Crippen LogP contribution in [0, 0.1) is 29.0 Å². The average molecular weight is 451 g/mol. The van der Waals surface area contributed by atoms with Crippen molar-refractivity contribution in [3.05, 3.63) is 29.6 Å². The molecule has 31 heavy (non-hydrogen) atoms. The zero-order chi connectivity index (χ0) is 21.6. The maximum atomic E-state index is 14.4. The lowest BCUT2D eigenvalue weighted by molar-refractivity contribution is -0.0564. The van der Waals surface area contributed by atoms with Crippen LogP contribution >= 0.6 is 0 Å². The molecule has 0 unspecified atom stereocenters. The van der Waals surface area contributed by atoms with Crippen molar-refractivity contribution >= 4 is 15.9 Å². The summed E-state index contributed by atoms with van der Waals surface area (Å²) < 4.78 is 46.5. The molecule has 1 aliphatic heterocycles. The maximum absolute atomic E-state index is 14.4. The molecule has 6 rings (SSSR count). The minimum Gasteiger partial charge on any atom is -0.379 e. The van der Waals surface area contributed by atoms with Gasteiger partial charge in [-0.2, -0.15) is 4.31 Å². The van der Waals surface area contributed by atoms with E-state index >= 15 is 0 Å². The summed E-state index contributed by atoms with van der Waals surface area (Å²) in [6.07, 6.45) is 9.00. The molecule has 0 spiro atoms. The van der Waals surface area contributed by atoms with E-state index in [4.69, 9.17) is 4.74 Å². The van der Waals surface area contributed by atoms with E-state index in [2.05, 4.69) is 5.32 Å². The standard InChI is InChI=1S/C23H31FN2O4S/c24-20-2-1-19(12-21(20)31(28,29)26-5-7-30-8-6-26)22(27)25-4-3-23-13-16-9-17(14-23)11-18(10-16)15-23/h1-2,12,16-18H,3-11,13-15H2,(H,25,27). The topological polar surface area (TPSA) is 75.7 Å². The van der Waals surface area contributed by atoms with Crippen LogP contribution in [0.3, 0.4) is 0 Å². The van der Waals surface area contributed by atoms with Crippen molar-refractivity contribution in [2.24, 2.45) is 23.2 Å². The number of nitrogens with one attached hydrogen (secondary N) is 1. The van der Waals surface area contributed by atoms with Crippen LogP contribution < -0.4 is 5.32 Å². The highest BCUT2D eigenvalue weighted by molar-refractivity contribution is 7.89. The third-order valence-corrected chi connectivity index (χ3v) is 9.80. The highest BCUT2D eigenvalue weighted by atomic mass is 32.2. The van der Waals surface area contributed by atoms with E-state index in [0.29, 0.717) is 12.0 Å². The van der Waals surface area contributed by atoms with Gasteiger partial charge in [-0.15, -0.1) is 0 Å². The van der Waals surface area contributed by atoms with E-state index < -0.39 is 20.7 Å². The van der Waals surface area contributed by atoms with Crippen molar-refractivity contribution in [1.82, 2.24) is 9.62 Å². The SMILES string of the molecule is O=C(NCCC12CC3CC(CC(C3)C1)C2)c1ccc(F)c(S(=O)(=O)N2CCOCC2)c1. The van der Waals surface area contributed by atoms with Gasteiger partial charge >= 0.3 is 0 Å². The van der Waals surface area contributed by atoms with Crippen molar-refractivity contribution in [3.63, 3.8) is 0 Å². The zero-order valence-electron chi connectivity index (χ0n) is 17.8. The maximum Gasteiger partial charge on any atom is 0.251 e. The molecule has 5 aliphatic rings. The molecule has 0 radical (unpaired) electrons. The van der Waals surface area contributed by atoms with Crippen molar-refractivity contribution in [2.45, 2.75) is 49.8 Å². The predicted octanol–water partition coefficient (Wildman–Crippen LogP) is 3.18. The number of morpholine rings is 1. The van der Waals surface area contributed by atoms with Crippen molar-refractivity contribution in [2.75, 3.05) is 32.8 Å². The third kappa shape index (κ3) is 4.14. The van der Waals surface area contributed by atoms with Crippen LogP contribution in [0.15, 0.2) is 23.1 Å². The lowest BCUT2D eigenvalue weighted by Gasteiger charge is -2.57. The second-order valence-electron chi connectivity index (χ2n) is 10.1. The number of amides is 1. The van der Waals surface area contributed by atoms with Gasteiger partial charge in [-0.1, -0.05) is 0 Å². The van der Waals surface area contributed by atoms with Crippen molar-refractivity contribution in [3.8, 4) is 0 Å². The number of carbonyl (C=O) groups excluding carboxylic acids is 1. The Morgan fingerprint density at radius 2 is 1.71 bits per heavy atom. The first-order chi connectivity index (χ1) is 14.8. The molecule has 1 aromatic carbocycles. The monoisotopic (exact) mass is 450 g/mol. The molecular weight excluding hydrogens is 419 g/mol. The lowest BCUT2D eigenvalue weighted by Crippen LogP contribution is -2.47. The van der Waals surface area contributed by atoms with Gasteiger partial charge in [0.2, 0.25) is 10.0 Å². The minimum absolute atomic E-state index is 0.179. The number of sulfonamides is 1. The molecule has 4 aliphatic carbocycles. The van der Waals surface area contributed by atoms with Gasteiger partial charge in [-0.25, -0.2) is 12.8 Å². The Balaban J connectivity index is 1.24. The summed E-state index contributed by atoms with van der Waals surface area (Å²) in [6.45, 7) is 1.51. The van der Waals surface area contributed by atoms with Crippen LogP contribution in [-0.4, -0.2) is 51.5 Å². The molecular formula is C23H31FN2O4S. The van der Waals surface area contributed by atoms with Crippen molar-refractivity contribution < 1.29 is 22.3 Å². The van der Waals surface area contributed by atoms with Crippen LogP contribution in [0.4, 0.5) is 4.39 Å². The molecule has 8 heteroatoms. The Hall–Kier alpha value is -1.51. The van der Waals surface area contributed by atoms with E-state index in [1.165, 1.54) is 55.0 Å².